The Morgan fingerprint density at radius 2 is 1.77 bits per heavy atom. The van der Waals surface area contributed by atoms with Crippen molar-refractivity contribution in [3.8, 4) is 0 Å². The molecule has 0 radical (unpaired) electrons. The van der Waals surface area contributed by atoms with Gasteiger partial charge in [-0.05, 0) is 20.8 Å². The Balaban J connectivity index is 2.38. The maximum absolute atomic E-state index is 14.6. The Hall–Kier alpha value is -1.70. The molecule has 2 heterocycles. The lowest BCUT2D eigenvalue weighted by Crippen LogP contribution is -2.64. The third-order valence-electron chi connectivity index (χ3n) is 3.86. The molecule has 2 rings (SSSR count). The molecule has 6 nitrogen and oxygen atoms in total. The molecule has 0 saturated carbocycles. The van der Waals surface area contributed by atoms with Crippen molar-refractivity contribution in [1.29, 1.82) is 0 Å². The lowest BCUT2D eigenvalue weighted by molar-refractivity contribution is -0.205. The van der Waals surface area contributed by atoms with E-state index in [0.717, 1.165) is 6.08 Å². The van der Waals surface area contributed by atoms with Gasteiger partial charge in [0.2, 0.25) is 0 Å². The molecule has 3 atom stereocenters. The number of nitrogens with zero attached hydrogens (tertiary/aromatic N) is 1. The van der Waals surface area contributed by atoms with Gasteiger partial charge in [-0.15, -0.1) is 0 Å². The molecule has 2 bridgehead atoms. The molecule has 22 heavy (non-hydrogen) atoms. The maximum atomic E-state index is 14.6. The largest absolute Gasteiger partial charge is 0.463 e. The van der Waals surface area contributed by atoms with Gasteiger partial charge < -0.3 is 19.1 Å². The van der Waals surface area contributed by atoms with E-state index in [1.165, 1.54) is 17.9 Å². The molecule has 0 N–H and O–H groups in total. The summed E-state index contributed by atoms with van der Waals surface area (Å²) in [7, 11) is 0. The topological polar surface area (TPSA) is 65.1 Å². The van der Waals surface area contributed by atoms with Crippen LogP contribution in [0.4, 0.5) is 13.6 Å². The summed E-state index contributed by atoms with van der Waals surface area (Å²) in [6.07, 6.45) is -1.50. The summed E-state index contributed by atoms with van der Waals surface area (Å²) in [4.78, 5) is 25.5. The van der Waals surface area contributed by atoms with Gasteiger partial charge in [0.05, 0.1) is 6.61 Å². The van der Waals surface area contributed by atoms with Gasteiger partial charge in [0, 0.05) is 13.1 Å². The molecule has 0 unspecified atom stereocenters. The zero-order valence-electron chi connectivity index (χ0n) is 12.7. The van der Waals surface area contributed by atoms with E-state index in [9.17, 15) is 18.4 Å². The molecule has 1 fully saturated rings. The quantitative estimate of drug-likeness (QED) is 0.570. The number of halogens is 2. The van der Waals surface area contributed by atoms with Gasteiger partial charge in [0.1, 0.15) is 12.2 Å². The summed E-state index contributed by atoms with van der Waals surface area (Å²) < 4.78 is 44.0. The molecule has 8 heteroatoms. The van der Waals surface area contributed by atoms with Gasteiger partial charge in [-0.2, -0.15) is 8.78 Å². The van der Waals surface area contributed by atoms with E-state index in [1.54, 1.807) is 13.8 Å². The average molecular weight is 319 g/mol. The molecular formula is C14H19F2NO5. The van der Waals surface area contributed by atoms with Crippen molar-refractivity contribution < 1.29 is 32.6 Å². The van der Waals surface area contributed by atoms with E-state index in [0.29, 0.717) is 0 Å². The number of carbonyl (C=O) groups excluding carboxylic acids is 2. The molecule has 0 aromatic heterocycles. The standard InChI is InChI=1S/C14H19F2NO5/c1-4-17(5-2)12(19)22-13(11(18)20-6-3)9-7-8-10(21-9)14(13,15)16/h7-10H,4-6H2,1-3H3/t9-,10+,13-/m1/s1. The lowest BCUT2D eigenvalue weighted by atomic mass is 9.85. The van der Waals surface area contributed by atoms with Crippen molar-refractivity contribution in [2.24, 2.45) is 0 Å². The highest BCUT2D eigenvalue weighted by molar-refractivity contribution is 5.87. The van der Waals surface area contributed by atoms with E-state index in [4.69, 9.17) is 14.2 Å². The van der Waals surface area contributed by atoms with E-state index in [2.05, 4.69) is 0 Å². The van der Waals surface area contributed by atoms with Crippen LogP contribution in [0.2, 0.25) is 0 Å². The number of esters is 1. The molecule has 2 aliphatic rings. The Bertz CT molecular complexity index is 492. The summed E-state index contributed by atoms with van der Waals surface area (Å²) in [5, 5.41) is 0. The number of hydrogen-bond donors (Lipinski definition) is 0. The van der Waals surface area contributed by atoms with E-state index >= 15 is 0 Å². The number of carbonyl (C=O) groups is 2. The van der Waals surface area contributed by atoms with Crippen LogP contribution in [-0.2, 0) is 19.0 Å². The Morgan fingerprint density at radius 3 is 2.23 bits per heavy atom. The highest BCUT2D eigenvalue weighted by atomic mass is 19.3. The van der Waals surface area contributed by atoms with Gasteiger partial charge >= 0.3 is 23.6 Å². The molecule has 124 valence electrons. The van der Waals surface area contributed by atoms with Gasteiger partial charge in [0.25, 0.3) is 0 Å². The first-order valence-electron chi connectivity index (χ1n) is 7.21. The fourth-order valence-corrected chi connectivity index (χ4v) is 2.63. The van der Waals surface area contributed by atoms with Gasteiger partial charge in [-0.3, -0.25) is 0 Å². The summed E-state index contributed by atoms with van der Waals surface area (Å²) in [5.74, 6) is -4.99. The minimum Gasteiger partial charge on any atom is -0.463 e. The van der Waals surface area contributed by atoms with Crippen LogP contribution in [0.1, 0.15) is 20.8 Å². The second-order valence-corrected chi connectivity index (χ2v) is 4.98. The number of amides is 1. The minimum absolute atomic E-state index is 0.111. The van der Waals surface area contributed by atoms with Crippen LogP contribution >= 0.6 is 0 Å². The molecule has 1 saturated heterocycles. The van der Waals surface area contributed by atoms with Crippen molar-refractivity contribution in [2.45, 2.75) is 44.5 Å². The number of alkyl halides is 2. The summed E-state index contributed by atoms with van der Waals surface area (Å²) in [5.41, 5.74) is -2.78. The van der Waals surface area contributed by atoms with Gasteiger partial charge in [-0.25, -0.2) is 9.59 Å². The molecule has 1 amide bonds. The van der Waals surface area contributed by atoms with Crippen LogP contribution in [0.25, 0.3) is 0 Å². The fourth-order valence-electron chi connectivity index (χ4n) is 2.63. The van der Waals surface area contributed by atoms with Crippen LogP contribution in [0.15, 0.2) is 12.2 Å². The van der Waals surface area contributed by atoms with Gasteiger partial charge in [-0.1, -0.05) is 12.2 Å². The second kappa shape index (κ2) is 5.83. The first-order valence-corrected chi connectivity index (χ1v) is 7.21. The molecule has 0 aliphatic carbocycles. The molecule has 0 spiro atoms. The SMILES string of the molecule is CCOC(=O)[C@]1(OC(=O)N(CC)CC)[C@H]2C=C[C@H](O2)C1(F)F. The lowest BCUT2D eigenvalue weighted by Gasteiger charge is -2.36. The predicted molar refractivity (Wildman–Crippen MR) is 71.5 cm³/mol. The zero-order valence-corrected chi connectivity index (χ0v) is 12.7. The third kappa shape index (κ3) is 2.16. The van der Waals surface area contributed by atoms with Crippen molar-refractivity contribution in [3.63, 3.8) is 0 Å². The summed E-state index contributed by atoms with van der Waals surface area (Å²) >= 11 is 0. The van der Waals surface area contributed by atoms with E-state index < -0.39 is 35.8 Å². The maximum Gasteiger partial charge on any atom is 0.411 e. The highest BCUT2D eigenvalue weighted by Gasteiger charge is 2.78. The van der Waals surface area contributed by atoms with Crippen LogP contribution in [0, 0.1) is 0 Å². The number of rotatable bonds is 5. The average Bonchev–Trinajstić information content (AvgIpc) is 3.02. The Labute approximate surface area is 127 Å². The zero-order chi connectivity index (χ0) is 16.5. The third-order valence-corrected chi connectivity index (χ3v) is 3.86. The van der Waals surface area contributed by atoms with Crippen LogP contribution < -0.4 is 0 Å². The Morgan fingerprint density at radius 1 is 1.18 bits per heavy atom. The van der Waals surface area contributed by atoms with Crippen LogP contribution in [0.5, 0.6) is 0 Å². The van der Waals surface area contributed by atoms with E-state index in [1.807, 2.05) is 0 Å². The second-order valence-electron chi connectivity index (χ2n) is 4.98. The van der Waals surface area contributed by atoms with Crippen LogP contribution in [0.3, 0.4) is 0 Å². The highest BCUT2D eigenvalue weighted by Crippen LogP contribution is 2.51. The molecular weight excluding hydrogens is 300 g/mol. The monoisotopic (exact) mass is 319 g/mol. The number of hydrogen-bond acceptors (Lipinski definition) is 5. The summed E-state index contributed by atoms with van der Waals surface area (Å²) in [6.45, 7) is 5.27. The van der Waals surface area contributed by atoms with Crippen molar-refractivity contribution in [2.75, 3.05) is 19.7 Å². The first-order chi connectivity index (χ1) is 10.3. The van der Waals surface area contributed by atoms with Crippen molar-refractivity contribution in [3.05, 3.63) is 12.2 Å². The molecule has 0 aromatic carbocycles. The van der Waals surface area contributed by atoms with Crippen molar-refractivity contribution in [1.82, 2.24) is 4.90 Å². The normalized spacial score (nSPS) is 31.1. The number of ether oxygens (including phenoxy) is 3. The van der Waals surface area contributed by atoms with Crippen molar-refractivity contribution >= 4 is 12.1 Å². The van der Waals surface area contributed by atoms with Crippen LogP contribution in [-0.4, -0.2) is 60.4 Å². The van der Waals surface area contributed by atoms with Gasteiger partial charge in [0.15, 0.2) is 0 Å². The minimum atomic E-state index is -3.69. The smallest absolute Gasteiger partial charge is 0.411 e. The molecule has 0 aromatic rings. The number of fused-ring (bicyclic) bond motifs is 2. The van der Waals surface area contributed by atoms with E-state index in [-0.39, 0.29) is 19.7 Å². The molecule has 2 aliphatic heterocycles. The summed E-state index contributed by atoms with van der Waals surface area (Å²) in [6, 6.07) is 0. The first kappa shape index (κ1) is 16.7. The predicted octanol–water partition coefficient (Wildman–Crippen LogP) is 1.74. The Kier molecular flexibility index (Phi) is 4.42. The fraction of sp³-hybridized carbons (Fsp3) is 0.714.